The molecule has 1 aromatic heterocycles. The van der Waals surface area contributed by atoms with Gasteiger partial charge in [0.25, 0.3) is 5.91 Å². The van der Waals surface area contributed by atoms with E-state index in [1.807, 2.05) is 44.2 Å². The first-order chi connectivity index (χ1) is 10.1. The van der Waals surface area contributed by atoms with E-state index in [1.54, 1.807) is 11.0 Å². The lowest BCUT2D eigenvalue weighted by molar-refractivity contribution is 0.0671. The highest BCUT2D eigenvalue weighted by Gasteiger charge is 2.21. The van der Waals surface area contributed by atoms with Crippen LogP contribution in [0, 0.1) is 5.95 Å². The number of hydrogen-bond donors (Lipinski definition) is 0. The topological polar surface area (TPSA) is 33.2 Å². The van der Waals surface area contributed by atoms with Crippen LogP contribution in [0.2, 0.25) is 0 Å². The number of nitrogens with zero attached hydrogens (tertiary/aromatic N) is 2. The summed E-state index contributed by atoms with van der Waals surface area (Å²) in [6, 6.07) is 12.6. The highest BCUT2D eigenvalue weighted by molar-refractivity contribution is 5.94. The highest BCUT2D eigenvalue weighted by Crippen LogP contribution is 2.15. The molecule has 1 heterocycles. The van der Waals surface area contributed by atoms with Gasteiger partial charge in [0.05, 0.1) is 0 Å². The third-order valence-corrected chi connectivity index (χ3v) is 3.55. The first-order valence-electron chi connectivity index (χ1n) is 7.08. The van der Waals surface area contributed by atoms with Gasteiger partial charge in [-0.15, -0.1) is 0 Å². The number of aromatic nitrogens is 1. The maximum absolute atomic E-state index is 13.2. The molecule has 0 spiro atoms. The molecule has 3 nitrogen and oxygen atoms in total. The van der Waals surface area contributed by atoms with Crippen LogP contribution in [0.3, 0.4) is 0 Å². The van der Waals surface area contributed by atoms with Crippen molar-refractivity contribution in [3.63, 3.8) is 0 Å². The summed E-state index contributed by atoms with van der Waals surface area (Å²) in [4.78, 5) is 17.9. The zero-order valence-corrected chi connectivity index (χ0v) is 12.3. The van der Waals surface area contributed by atoms with Crippen molar-refractivity contribution < 1.29 is 9.18 Å². The Morgan fingerprint density at radius 2 is 2.00 bits per heavy atom. The predicted octanol–water partition coefficient (Wildman–Crippen LogP) is 3.66. The van der Waals surface area contributed by atoms with Gasteiger partial charge in [-0.1, -0.05) is 37.3 Å². The van der Waals surface area contributed by atoms with Crippen LogP contribution in [0.1, 0.15) is 36.2 Å². The van der Waals surface area contributed by atoms with Gasteiger partial charge in [0, 0.05) is 30.4 Å². The van der Waals surface area contributed by atoms with Crippen molar-refractivity contribution in [2.45, 2.75) is 32.9 Å². The number of benzene rings is 1. The second-order valence-corrected chi connectivity index (χ2v) is 5.04. The van der Waals surface area contributed by atoms with E-state index < -0.39 is 5.95 Å². The summed E-state index contributed by atoms with van der Waals surface area (Å²) in [6.45, 7) is 4.54. The van der Waals surface area contributed by atoms with E-state index in [0.29, 0.717) is 12.1 Å². The first kappa shape index (κ1) is 15.2. The Morgan fingerprint density at radius 1 is 1.29 bits per heavy atom. The van der Waals surface area contributed by atoms with Gasteiger partial charge in [-0.25, -0.2) is 4.98 Å². The van der Waals surface area contributed by atoms with E-state index in [1.165, 1.54) is 12.3 Å². The molecule has 0 saturated carbocycles. The van der Waals surface area contributed by atoms with Gasteiger partial charge < -0.3 is 4.90 Å². The van der Waals surface area contributed by atoms with Crippen LogP contribution in [0.5, 0.6) is 0 Å². The number of halogens is 1. The summed E-state index contributed by atoms with van der Waals surface area (Å²) in [5.41, 5.74) is 1.39. The molecule has 2 aromatic rings. The van der Waals surface area contributed by atoms with Crippen LogP contribution < -0.4 is 0 Å². The number of hydrogen-bond acceptors (Lipinski definition) is 2. The Labute approximate surface area is 124 Å². The molecule has 0 fully saturated rings. The minimum atomic E-state index is -0.635. The minimum absolute atomic E-state index is 0.0777. The largest absolute Gasteiger partial charge is 0.332 e. The maximum Gasteiger partial charge on any atom is 0.254 e. The molecular weight excluding hydrogens is 267 g/mol. The van der Waals surface area contributed by atoms with E-state index in [4.69, 9.17) is 0 Å². The highest BCUT2D eigenvalue weighted by atomic mass is 19.1. The second-order valence-electron chi connectivity index (χ2n) is 5.04. The van der Waals surface area contributed by atoms with E-state index in [9.17, 15) is 9.18 Å². The molecule has 0 saturated heterocycles. The molecule has 0 aliphatic carbocycles. The minimum Gasteiger partial charge on any atom is -0.332 e. The number of rotatable bonds is 5. The molecule has 21 heavy (non-hydrogen) atoms. The lowest BCUT2D eigenvalue weighted by Crippen LogP contribution is -2.37. The van der Waals surface area contributed by atoms with Gasteiger partial charge in [0.1, 0.15) is 0 Å². The molecule has 0 aliphatic heterocycles. The summed E-state index contributed by atoms with van der Waals surface area (Å²) >= 11 is 0. The van der Waals surface area contributed by atoms with Gasteiger partial charge in [-0.3, -0.25) is 4.79 Å². The van der Waals surface area contributed by atoms with Crippen LogP contribution in [0.15, 0.2) is 48.7 Å². The van der Waals surface area contributed by atoms with Crippen molar-refractivity contribution in [1.82, 2.24) is 9.88 Å². The number of carbonyl (C=O) groups excluding carboxylic acids is 1. The molecule has 1 amide bonds. The van der Waals surface area contributed by atoms with Crippen LogP contribution >= 0.6 is 0 Å². The average molecular weight is 286 g/mol. The summed E-state index contributed by atoms with van der Waals surface area (Å²) < 4.78 is 13.2. The summed E-state index contributed by atoms with van der Waals surface area (Å²) in [7, 11) is 0. The van der Waals surface area contributed by atoms with Crippen molar-refractivity contribution in [2.75, 3.05) is 0 Å². The van der Waals surface area contributed by atoms with Crippen LogP contribution in [-0.4, -0.2) is 21.8 Å². The van der Waals surface area contributed by atoms with Crippen molar-refractivity contribution in [1.29, 1.82) is 0 Å². The third kappa shape index (κ3) is 3.88. The Morgan fingerprint density at radius 3 is 2.62 bits per heavy atom. The van der Waals surface area contributed by atoms with Crippen LogP contribution in [-0.2, 0) is 6.54 Å². The zero-order chi connectivity index (χ0) is 15.2. The molecule has 0 aliphatic rings. The second kappa shape index (κ2) is 6.97. The molecule has 0 radical (unpaired) electrons. The maximum atomic E-state index is 13.2. The molecule has 0 bridgehead atoms. The molecular formula is C17H19FN2O. The van der Waals surface area contributed by atoms with Crippen molar-refractivity contribution >= 4 is 5.91 Å². The number of carbonyl (C=O) groups is 1. The fourth-order valence-corrected chi connectivity index (χ4v) is 2.13. The normalized spacial score (nSPS) is 12.0. The molecule has 0 N–H and O–H groups in total. The number of pyridine rings is 1. The lowest BCUT2D eigenvalue weighted by atomic mass is 10.1. The summed E-state index contributed by atoms with van der Waals surface area (Å²) in [5.74, 6) is -0.806. The molecule has 2 rings (SSSR count). The summed E-state index contributed by atoms with van der Waals surface area (Å²) in [5, 5.41) is 0. The molecule has 110 valence electrons. The fourth-order valence-electron chi connectivity index (χ4n) is 2.13. The molecule has 1 unspecified atom stereocenters. The Balaban J connectivity index is 2.25. The van der Waals surface area contributed by atoms with E-state index in [2.05, 4.69) is 4.98 Å². The first-order valence-corrected chi connectivity index (χ1v) is 7.08. The predicted molar refractivity (Wildman–Crippen MR) is 80.3 cm³/mol. The third-order valence-electron chi connectivity index (χ3n) is 3.55. The van der Waals surface area contributed by atoms with Crippen LogP contribution in [0.25, 0.3) is 0 Å². The van der Waals surface area contributed by atoms with E-state index in [-0.39, 0.29) is 11.9 Å². The van der Waals surface area contributed by atoms with Crippen molar-refractivity contribution in [3.8, 4) is 0 Å². The lowest BCUT2D eigenvalue weighted by Gasteiger charge is -2.29. The van der Waals surface area contributed by atoms with Gasteiger partial charge in [-0.2, -0.15) is 4.39 Å². The van der Waals surface area contributed by atoms with Gasteiger partial charge in [0.15, 0.2) is 0 Å². The Bertz CT molecular complexity index is 601. The fraction of sp³-hybridized carbons (Fsp3) is 0.294. The van der Waals surface area contributed by atoms with Crippen LogP contribution in [0.4, 0.5) is 4.39 Å². The van der Waals surface area contributed by atoms with Crippen molar-refractivity contribution in [3.05, 3.63) is 65.7 Å². The summed E-state index contributed by atoms with van der Waals surface area (Å²) in [6.07, 6.45) is 2.16. The molecule has 1 aromatic carbocycles. The smallest absolute Gasteiger partial charge is 0.254 e. The van der Waals surface area contributed by atoms with Gasteiger partial charge >= 0.3 is 0 Å². The average Bonchev–Trinajstić information content (AvgIpc) is 2.52. The Hall–Kier alpha value is -2.23. The monoisotopic (exact) mass is 286 g/mol. The zero-order valence-electron chi connectivity index (χ0n) is 12.3. The SMILES string of the molecule is CCC(C)N(Cc1ccccc1)C(=O)c1ccnc(F)c1. The standard InChI is InChI=1S/C17H19FN2O/c1-3-13(2)20(12-14-7-5-4-6-8-14)17(21)15-9-10-19-16(18)11-15/h4-11,13H,3,12H2,1-2H3. The van der Waals surface area contributed by atoms with Gasteiger partial charge in [0.2, 0.25) is 5.95 Å². The van der Waals surface area contributed by atoms with E-state index in [0.717, 1.165) is 12.0 Å². The van der Waals surface area contributed by atoms with E-state index >= 15 is 0 Å². The molecule has 1 atom stereocenters. The number of amides is 1. The van der Waals surface area contributed by atoms with Crippen molar-refractivity contribution in [2.24, 2.45) is 0 Å². The quantitative estimate of drug-likeness (QED) is 0.786. The molecule has 4 heteroatoms. The van der Waals surface area contributed by atoms with Gasteiger partial charge in [-0.05, 0) is 25.0 Å². The Kier molecular flexibility index (Phi) is 5.04.